The Bertz CT molecular complexity index is 584. The van der Waals surface area contributed by atoms with Crippen LogP contribution in [0.4, 0.5) is 0 Å². The Hall–Kier alpha value is -0.510. The molecule has 0 amide bonds. The summed E-state index contributed by atoms with van der Waals surface area (Å²) in [5.74, 6) is 0.890. The maximum Gasteiger partial charge on any atom is 0.123 e. The molecule has 0 radical (unpaired) electrons. The Morgan fingerprint density at radius 1 is 1.11 bits per heavy atom. The largest absolute Gasteiger partial charge is 0.489 e. The van der Waals surface area contributed by atoms with Gasteiger partial charge >= 0.3 is 0 Å². The fraction of sp³-hybridized carbons (Fsp3) is 0.200. The zero-order valence-electron chi connectivity index (χ0n) is 10.4. The molecular formula is C15H13Br2ClO. The molecule has 2 aromatic carbocycles. The lowest BCUT2D eigenvalue weighted by molar-refractivity contribution is 0.304. The molecule has 0 saturated carbocycles. The monoisotopic (exact) mass is 402 g/mol. The Kier molecular flexibility index (Phi) is 5.31. The average Bonchev–Trinajstić information content (AvgIpc) is 2.39. The van der Waals surface area contributed by atoms with E-state index >= 15 is 0 Å². The number of halogens is 3. The highest BCUT2D eigenvalue weighted by molar-refractivity contribution is 9.10. The molecule has 100 valence electrons. The van der Waals surface area contributed by atoms with Crippen LogP contribution in [-0.4, -0.2) is 0 Å². The number of hydrogen-bond donors (Lipinski definition) is 0. The summed E-state index contributed by atoms with van der Waals surface area (Å²) in [7, 11) is 0. The summed E-state index contributed by atoms with van der Waals surface area (Å²) in [6.07, 6.45) is 0. The van der Waals surface area contributed by atoms with Crippen LogP contribution in [0.2, 0.25) is 5.02 Å². The van der Waals surface area contributed by atoms with Crippen LogP contribution in [0.3, 0.4) is 0 Å². The lowest BCUT2D eigenvalue weighted by atomic mass is 10.1. The summed E-state index contributed by atoms with van der Waals surface area (Å²) >= 11 is 13.0. The minimum atomic E-state index is 0.467. The van der Waals surface area contributed by atoms with Crippen LogP contribution in [0.1, 0.15) is 16.7 Å². The van der Waals surface area contributed by atoms with Crippen molar-refractivity contribution < 1.29 is 4.74 Å². The van der Waals surface area contributed by atoms with Crippen molar-refractivity contribution in [3.05, 3.63) is 62.6 Å². The van der Waals surface area contributed by atoms with Crippen LogP contribution < -0.4 is 4.74 Å². The number of hydrogen-bond acceptors (Lipinski definition) is 1. The van der Waals surface area contributed by atoms with Gasteiger partial charge in [-0.2, -0.15) is 0 Å². The van der Waals surface area contributed by atoms with E-state index in [4.69, 9.17) is 16.3 Å². The van der Waals surface area contributed by atoms with E-state index in [0.717, 1.165) is 26.7 Å². The van der Waals surface area contributed by atoms with Crippen LogP contribution in [0, 0.1) is 6.92 Å². The normalized spacial score (nSPS) is 10.5. The van der Waals surface area contributed by atoms with Crippen LogP contribution in [0.15, 0.2) is 40.9 Å². The van der Waals surface area contributed by atoms with Gasteiger partial charge in [-0.25, -0.2) is 0 Å². The van der Waals surface area contributed by atoms with Gasteiger partial charge in [-0.05, 0) is 25.1 Å². The van der Waals surface area contributed by atoms with Gasteiger partial charge in [-0.1, -0.05) is 67.2 Å². The summed E-state index contributed by atoms with van der Waals surface area (Å²) < 4.78 is 6.83. The zero-order valence-corrected chi connectivity index (χ0v) is 14.3. The molecule has 0 aliphatic heterocycles. The maximum absolute atomic E-state index is 6.18. The van der Waals surface area contributed by atoms with Gasteiger partial charge in [0.25, 0.3) is 0 Å². The van der Waals surface area contributed by atoms with E-state index in [2.05, 4.69) is 44.8 Å². The summed E-state index contributed by atoms with van der Waals surface area (Å²) in [6.45, 7) is 2.54. The molecule has 0 spiro atoms. The molecule has 0 aromatic heterocycles. The number of benzene rings is 2. The zero-order chi connectivity index (χ0) is 13.8. The van der Waals surface area contributed by atoms with E-state index in [1.807, 2.05) is 30.3 Å². The van der Waals surface area contributed by atoms with Gasteiger partial charge in [0.15, 0.2) is 0 Å². The molecule has 0 unspecified atom stereocenters. The highest BCUT2D eigenvalue weighted by Gasteiger charge is 2.06. The third-order valence-corrected chi connectivity index (χ3v) is 4.21. The highest BCUT2D eigenvalue weighted by atomic mass is 79.9. The molecule has 2 aromatic rings. The molecule has 4 heteroatoms. The highest BCUT2D eigenvalue weighted by Crippen LogP contribution is 2.26. The minimum Gasteiger partial charge on any atom is -0.489 e. The van der Waals surface area contributed by atoms with Gasteiger partial charge < -0.3 is 4.74 Å². The molecule has 2 rings (SSSR count). The molecule has 0 bridgehead atoms. The van der Waals surface area contributed by atoms with Gasteiger partial charge in [0.1, 0.15) is 12.4 Å². The second kappa shape index (κ2) is 6.78. The van der Waals surface area contributed by atoms with Gasteiger partial charge in [-0.15, -0.1) is 0 Å². The minimum absolute atomic E-state index is 0.467. The summed E-state index contributed by atoms with van der Waals surface area (Å²) in [4.78, 5) is 0. The lowest BCUT2D eigenvalue weighted by Gasteiger charge is -2.12. The standard InChI is InChI=1S/C15H13Br2ClO/c1-10-2-5-15(12(6-10)8-16)19-9-11-3-4-13(17)7-14(11)18/h2-7H,8-9H2,1H3. The van der Waals surface area contributed by atoms with Crippen LogP contribution in [-0.2, 0) is 11.9 Å². The number of aryl methyl sites for hydroxylation is 1. The SMILES string of the molecule is Cc1ccc(OCc2ccc(Br)cc2Cl)c(CBr)c1. The van der Waals surface area contributed by atoms with Gasteiger partial charge in [-0.3, -0.25) is 0 Å². The first-order chi connectivity index (χ1) is 9.10. The molecule has 0 heterocycles. The molecule has 19 heavy (non-hydrogen) atoms. The Labute approximate surface area is 135 Å². The molecule has 0 atom stereocenters. The quantitative estimate of drug-likeness (QED) is 0.578. The average molecular weight is 405 g/mol. The van der Waals surface area contributed by atoms with Crippen molar-refractivity contribution in [2.75, 3.05) is 0 Å². The van der Waals surface area contributed by atoms with Crippen LogP contribution >= 0.6 is 43.5 Å². The molecule has 0 saturated heterocycles. The number of ether oxygens (including phenoxy) is 1. The Balaban J connectivity index is 2.14. The molecule has 0 fully saturated rings. The Morgan fingerprint density at radius 3 is 2.58 bits per heavy atom. The van der Waals surface area contributed by atoms with Crippen molar-refractivity contribution in [3.63, 3.8) is 0 Å². The Morgan fingerprint density at radius 2 is 1.89 bits per heavy atom. The fourth-order valence-electron chi connectivity index (χ4n) is 1.75. The van der Waals surface area contributed by atoms with E-state index in [9.17, 15) is 0 Å². The van der Waals surface area contributed by atoms with Crippen molar-refractivity contribution in [1.82, 2.24) is 0 Å². The van der Waals surface area contributed by atoms with Crippen molar-refractivity contribution in [2.45, 2.75) is 18.9 Å². The van der Waals surface area contributed by atoms with E-state index in [1.54, 1.807) is 0 Å². The van der Waals surface area contributed by atoms with Crippen LogP contribution in [0.25, 0.3) is 0 Å². The van der Waals surface area contributed by atoms with E-state index < -0.39 is 0 Å². The van der Waals surface area contributed by atoms with Crippen molar-refractivity contribution >= 4 is 43.5 Å². The van der Waals surface area contributed by atoms with Gasteiger partial charge in [0, 0.05) is 26.0 Å². The molecule has 0 aliphatic carbocycles. The summed E-state index contributed by atoms with van der Waals surface area (Å²) in [6, 6.07) is 12.0. The first kappa shape index (κ1) is 14.9. The van der Waals surface area contributed by atoms with Crippen molar-refractivity contribution in [2.24, 2.45) is 0 Å². The summed E-state index contributed by atoms with van der Waals surface area (Å²) in [5.41, 5.74) is 3.35. The second-order valence-electron chi connectivity index (χ2n) is 4.27. The third kappa shape index (κ3) is 3.98. The predicted octanol–water partition coefficient (Wildman–Crippen LogP) is 5.88. The topological polar surface area (TPSA) is 9.23 Å². The fourth-order valence-corrected chi connectivity index (χ4v) is 2.91. The maximum atomic E-state index is 6.18. The van der Waals surface area contributed by atoms with Gasteiger partial charge in [0.2, 0.25) is 0 Å². The van der Waals surface area contributed by atoms with Crippen molar-refractivity contribution in [1.29, 1.82) is 0 Å². The molecule has 0 N–H and O–H groups in total. The van der Waals surface area contributed by atoms with E-state index in [1.165, 1.54) is 5.56 Å². The first-order valence-corrected chi connectivity index (χ1v) is 8.11. The number of alkyl halides is 1. The smallest absolute Gasteiger partial charge is 0.123 e. The number of rotatable bonds is 4. The van der Waals surface area contributed by atoms with Gasteiger partial charge in [0.05, 0.1) is 0 Å². The van der Waals surface area contributed by atoms with Crippen LogP contribution in [0.5, 0.6) is 5.75 Å². The predicted molar refractivity (Wildman–Crippen MR) is 87.3 cm³/mol. The molecular weight excluding hydrogens is 391 g/mol. The lowest BCUT2D eigenvalue weighted by Crippen LogP contribution is -1.99. The molecule has 0 aliphatic rings. The second-order valence-corrected chi connectivity index (χ2v) is 6.15. The van der Waals surface area contributed by atoms with Crippen molar-refractivity contribution in [3.8, 4) is 5.75 Å². The molecule has 1 nitrogen and oxygen atoms in total. The van der Waals surface area contributed by atoms with E-state index in [0.29, 0.717) is 11.6 Å². The first-order valence-electron chi connectivity index (χ1n) is 5.82. The third-order valence-electron chi connectivity index (χ3n) is 2.76. The van der Waals surface area contributed by atoms with E-state index in [-0.39, 0.29) is 0 Å². The summed E-state index contributed by atoms with van der Waals surface area (Å²) in [5, 5.41) is 1.49.